The predicted octanol–water partition coefficient (Wildman–Crippen LogP) is -1.46. The number of nitrogens with zero attached hydrogens (tertiary/aromatic N) is 8. The molecule has 21 nitrogen and oxygen atoms in total. The van der Waals surface area contributed by atoms with E-state index >= 15 is 0 Å². The monoisotopic (exact) mass is 640 g/mol. The highest BCUT2D eigenvalue weighted by Crippen LogP contribution is 2.47. The normalized spacial score (nSPS) is 37.1. The molecule has 0 aliphatic carbocycles. The Morgan fingerprint density at radius 1 is 0.814 bits per heavy atom. The number of hydrogen-bond acceptors (Lipinski definition) is 15. The lowest BCUT2D eigenvalue weighted by molar-refractivity contribution is -0.0474. The fraction of sp³-hybridized carbons (Fsp3) is 0.500. The maximum atomic E-state index is 13.2. The summed E-state index contributed by atoms with van der Waals surface area (Å²) < 4.78 is 52.0. The van der Waals surface area contributed by atoms with Crippen molar-refractivity contribution in [2.45, 2.75) is 49.3 Å². The summed E-state index contributed by atoms with van der Waals surface area (Å²) in [6.45, 7) is -1.06. The molecule has 3 aliphatic heterocycles. The molecule has 0 aromatic carbocycles. The Bertz CT molecular complexity index is 1790. The van der Waals surface area contributed by atoms with Gasteiger partial charge >= 0.3 is 15.5 Å². The van der Waals surface area contributed by atoms with Gasteiger partial charge in [0.1, 0.15) is 42.1 Å². The fourth-order valence-electron chi connectivity index (χ4n) is 5.42. The van der Waals surface area contributed by atoms with Gasteiger partial charge in [-0.3, -0.25) is 18.2 Å². The quantitative estimate of drug-likeness (QED) is 0.123. The number of aliphatic hydroxyl groups excluding tert-OH is 1. The Morgan fingerprint density at radius 3 is 2.07 bits per heavy atom. The molecule has 230 valence electrons. The van der Waals surface area contributed by atoms with Crippen molar-refractivity contribution in [3.8, 4) is 0 Å². The third-order valence-electron chi connectivity index (χ3n) is 7.44. The molecule has 0 radical (unpaired) electrons. The zero-order valence-electron chi connectivity index (χ0n) is 21.9. The lowest BCUT2D eigenvalue weighted by Gasteiger charge is -2.28. The molecule has 0 amide bonds. The van der Waals surface area contributed by atoms with E-state index in [9.17, 15) is 24.0 Å². The third-order valence-corrected chi connectivity index (χ3v) is 9.72. The van der Waals surface area contributed by atoms with Gasteiger partial charge in [0.2, 0.25) is 0 Å². The molecule has 4 aromatic heterocycles. The second kappa shape index (κ2) is 10.5. The summed E-state index contributed by atoms with van der Waals surface area (Å²) in [5.74, 6) is 0.254. The first-order chi connectivity index (χ1) is 20.5. The summed E-state index contributed by atoms with van der Waals surface area (Å²) in [5, 5.41) is 16.1. The van der Waals surface area contributed by atoms with Crippen LogP contribution >= 0.6 is 15.5 Å². The second-order valence-corrected chi connectivity index (χ2v) is 13.2. The molecule has 7 heterocycles. The topological polar surface area (TPSA) is 295 Å². The van der Waals surface area contributed by atoms with Gasteiger partial charge in [-0.15, -0.1) is 0 Å². The lowest BCUT2D eigenvalue weighted by Crippen LogP contribution is -2.46. The van der Waals surface area contributed by atoms with Gasteiger partial charge in [-0.2, -0.15) is 0 Å². The van der Waals surface area contributed by atoms with Gasteiger partial charge in [0.05, 0.1) is 44.1 Å². The van der Waals surface area contributed by atoms with Crippen molar-refractivity contribution in [3.05, 3.63) is 25.3 Å². The number of nitrogens with one attached hydrogen (secondary N) is 2. The number of anilines is 2. The minimum Gasteiger partial charge on any atom is -0.387 e. The van der Waals surface area contributed by atoms with Crippen LogP contribution in [0.5, 0.6) is 0 Å². The largest absolute Gasteiger partial charge is 0.403 e. The number of hydrogen-bond donors (Lipinski definition) is 7. The van der Waals surface area contributed by atoms with E-state index in [0.29, 0.717) is 11.2 Å². The van der Waals surface area contributed by atoms with Crippen molar-refractivity contribution in [1.82, 2.24) is 49.2 Å². The highest BCUT2D eigenvalue weighted by Gasteiger charge is 2.50. The van der Waals surface area contributed by atoms with E-state index in [2.05, 4.69) is 40.1 Å². The van der Waals surface area contributed by atoms with Gasteiger partial charge in [0.15, 0.2) is 29.2 Å². The number of nitrogen functional groups attached to an aromatic ring is 2. The molecular weight excluding hydrogens is 614 g/mol. The molecule has 7 rings (SSSR count). The molecule has 3 fully saturated rings. The maximum absolute atomic E-state index is 13.2. The van der Waals surface area contributed by atoms with Crippen LogP contribution < -0.4 is 21.6 Å². The van der Waals surface area contributed by atoms with Gasteiger partial charge < -0.3 is 35.8 Å². The molecule has 0 spiro atoms. The molecule has 2 unspecified atom stereocenters. The average molecular weight is 640 g/mol. The van der Waals surface area contributed by atoms with Crippen molar-refractivity contribution in [2.75, 3.05) is 24.7 Å². The van der Waals surface area contributed by atoms with Gasteiger partial charge in [-0.05, 0) is 0 Å². The molecular formula is C20H26N12O9P2. The smallest absolute Gasteiger partial charge is 0.387 e. The Kier molecular flexibility index (Phi) is 6.95. The van der Waals surface area contributed by atoms with Crippen molar-refractivity contribution in [3.63, 3.8) is 0 Å². The zero-order valence-corrected chi connectivity index (χ0v) is 23.7. The van der Waals surface area contributed by atoms with Crippen molar-refractivity contribution < 1.29 is 42.5 Å². The van der Waals surface area contributed by atoms with Crippen LogP contribution in [0, 0.1) is 0 Å². The van der Waals surface area contributed by atoms with E-state index in [-0.39, 0.29) is 29.2 Å². The predicted molar refractivity (Wildman–Crippen MR) is 143 cm³/mol. The molecule has 4 aromatic rings. The fourth-order valence-corrected chi connectivity index (χ4v) is 7.66. The number of rotatable bonds is 2. The minimum absolute atomic E-state index is 0.0957. The van der Waals surface area contributed by atoms with Crippen molar-refractivity contribution >= 4 is 49.5 Å². The zero-order chi connectivity index (χ0) is 30.1. The van der Waals surface area contributed by atoms with E-state index in [1.165, 1.54) is 29.9 Å². The summed E-state index contributed by atoms with van der Waals surface area (Å²) in [4.78, 5) is 45.9. The van der Waals surface area contributed by atoms with Crippen molar-refractivity contribution in [2.24, 2.45) is 0 Å². The van der Waals surface area contributed by atoms with Gasteiger partial charge in [-0.1, -0.05) is 0 Å². The Balaban J connectivity index is 1.15. The number of imidazole rings is 2. The Hall–Kier alpha value is -3.20. The van der Waals surface area contributed by atoms with Crippen molar-refractivity contribution in [1.29, 1.82) is 0 Å². The van der Waals surface area contributed by atoms with E-state index in [0.717, 1.165) is 0 Å². The average Bonchev–Trinajstić information content (AvgIpc) is 3.72. The Morgan fingerprint density at radius 2 is 1.40 bits per heavy atom. The SMILES string of the molecule is Nc1ncnc2c1ncn2[C@@H]1O[C@@H]2COP(=O)(O)N[C@H]3C[C@H](n4cnc5c(N)ncnc54)O[C@@H]3COP(=O)(O)N[C@H]2[C@H]1O. The van der Waals surface area contributed by atoms with E-state index in [4.69, 9.17) is 30.0 Å². The Labute approximate surface area is 240 Å². The number of nitrogens with two attached hydrogens (primary N) is 2. The van der Waals surface area contributed by atoms with Crippen LogP contribution in [0.2, 0.25) is 0 Å². The van der Waals surface area contributed by atoms with Crippen LogP contribution in [-0.4, -0.2) is 97.5 Å². The van der Waals surface area contributed by atoms with Gasteiger partial charge in [-0.25, -0.2) is 49.2 Å². The van der Waals surface area contributed by atoms with Crippen LogP contribution in [0.25, 0.3) is 22.3 Å². The number of fused-ring (bicyclic) bond motifs is 4. The van der Waals surface area contributed by atoms with Gasteiger partial charge in [0, 0.05) is 6.42 Å². The number of ether oxygens (including phenoxy) is 2. The standard InChI is InChI=1S/C20H26N12O9P2/c21-16-13-18(25-4-23-16)31(6-27-13)11-1-8-9(40-11)2-38-43(36,37)30-12-10(3-39-42(34,35)29-8)41-20(15(12)33)32-7-28-14-17(22)24-5-26-19(14)32/h4-12,15,20,33H,1-3H2,(H2,21,23,25)(H2,22,24,26)(H2,29,34,35)(H2,30,36,37)/t8-,9+,10+,11+,12+,15+,20+/m0/s1. The second-order valence-electron chi connectivity index (χ2n) is 10.1. The summed E-state index contributed by atoms with van der Waals surface area (Å²) in [6, 6.07) is -2.18. The molecule has 43 heavy (non-hydrogen) atoms. The van der Waals surface area contributed by atoms with Crippen LogP contribution in [-0.2, 0) is 27.7 Å². The third kappa shape index (κ3) is 5.17. The summed E-state index contributed by atoms with van der Waals surface area (Å²) in [5.41, 5.74) is 12.9. The highest BCUT2D eigenvalue weighted by molar-refractivity contribution is 7.50. The summed E-state index contributed by atoms with van der Waals surface area (Å²) in [7, 11) is -9.15. The van der Waals surface area contributed by atoms with Crippen LogP contribution in [0.3, 0.4) is 0 Å². The summed E-state index contributed by atoms with van der Waals surface area (Å²) in [6.07, 6.45) is -0.358. The van der Waals surface area contributed by atoms with Crippen LogP contribution in [0.4, 0.5) is 11.6 Å². The number of aromatic nitrogens is 8. The van der Waals surface area contributed by atoms with Crippen LogP contribution in [0.1, 0.15) is 18.9 Å². The highest BCUT2D eigenvalue weighted by atomic mass is 31.2. The molecule has 9 N–H and O–H groups in total. The molecule has 23 heteroatoms. The first-order valence-corrected chi connectivity index (χ1v) is 16.0. The maximum Gasteiger partial charge on any atom is 0.403 e. The molecule has 9 atom stereocenters. The van der Waals surface area contributed by atoms with Gasteiger partial charge in [0.25, 0.3) is 0 Å². The molecule has 3 saturated heterocycles. The lowest BCUT2D eigenvalue weighted by atomic mass is 10.1. The first-order valence-electron chi connectivity index (χ1n) is 12.8. The van der Waals surface area contributed by atoms with E-state index < -0.39 is 71.6 Å². The van der Waals surface area contributed by atoms with E-state index in [1.807, 2.05) is 0 Å². The van der Waals surface area contributed by atoms with E-state index in [1.54, 1.807) is 4.57 Å². The van der Waals surface area contributed by atoms with Crippen LogP contribution in [0.15, 0.2) is 25.3 Å². The number of aliphatic hydroxyl groups is 1. The molecule has 0 bridgehead atoms. The first kappa shape index (κ1) is 28.6. The molecule has 3 aliphatic rings. The minimum atomic E-state index is -4.62. The summed E-state index contributed by atoms with van der Waals surface area (Å²) >= 11 is 0. The molecule has 0 saturated carbocycles.